The van der Waals surface area contributed by atoms with Gasteiger partial charge in [-0.15, -0.1) is 0 Å². The molecular weight excluding hydrogens is 250 g/mol. The maximum Gasteiger partial charge on any atom is 0.230 e. The molecule has 0 saturated heterocycles. The van der Waals surface area contributed by atoms with Gasteiger partial charge in [0, 0.05) is 12.3 Å². The van der Waals surface area contributed by atoms with E-state index in [-0.39, 0.29) is 12.0 Å². The van der Waals surface area contributed by atoms with Gasteiger partial charge in [0.15, 0.2) is 0 Å². The molecule has 98 valence electrons. The third-order valence-electron chi connectivity index (χ3n) is 2.55. The van der Waals surface area contributed by atoms with Crippen LogP contribution in [0, 0.1) is 18.6 Å². The largest absolute Gasteiger partial charge is 0.310 e. The van der Waals surface area contributed by atoms with Gasteiger partial charge in [-0.1, -0.05) is 6.07 Å². The minimum atomic E-state index is -0.729. The van der Waals surface area contributed by atoms with E-state index in [2.05, 4.69) is 10.3 Å². The first kappa shape index (κ1) is 13.1. The van der Waals surface area contributed by atoms with E-state index in [1.165, 1.54) is 6.07 Å². The zero-order valence-electron chi connectivity index (χ0n) is 10.3. The normalized spacial score (nSPS) is 10.3. The molecule has 0 aliphatic heterocycles. The fourth-order valence-electron chi connectivity index (χ4n) is 1.63. The summed E-state index contributed by atoms with van der Waals surface area (Å²) in [5.41, 5.74) is 1.10. The first-order valence-electron chi connectivity index (χ1n) is 5.71. The first-order chi connectivity index (χ1) is 9.04. The molecule has 0 fully saturated rings. The number of amides is 1. The molecule has 19 heavy (non-hydrogen) atoms. The Labute approximate surface area is 109 Å². The number of aromatic nitrogens is 1. The summed E-state index contributed by atoms with van der Waals surface area (Å²) in [7, 11) is 0. The van der Waals surface area contributed by atoms with E-state index in [1.807, 2.05) is 6.92 Å². The summed E-state index contributed by atoms with van der Waals surface area (Å²) in [4.78, 5) is 15.7. The van der Waals surface area contributed by atoms with E-state index in [0.717, 1.165) is 17.7 Å². The van der Waals surface area contributed by atoms with Crippen molar-refractivity contribution in [2.75, 3.05) is 5.32 Å². The summed E-state index contributed by atoms with van der Waals surface area (Å²) >= 11 is 0. The minimum Gasteiger partial charge on any atom is -0.310 e. The predicted molar refractivity (Wildman–Crippen MR) is 67.7 cm³/mol. The zero-order valence-corrected chi connectivity index (χ0v) is 10.3. The van der Waals surface area contributed by atoms with Crippen LogP contribution in [0.3, 0.4) is 0 Å². The molecule has 3 nitrogen and oxygen atoms in total. The number of nitrogens with zero attached hydrogens (tertiary/aromatic N) is 1. The summed E-state index contributed by atoms with van der Waals surface area (Å²) in [5.74, 6) is -1.38. The number of benzene rings is 1. The standard InChI is InChI=1S/C14H12F2N2O/c1-9-4-5-17-13(6-9)18-14(19)7-10-2-3-11(15)8-12(10)16/h2-6,8H,7H2,1H3,(H,17,18,19). The smallest absolute Gasteiger partial charge is 0.230 e. The Morgan fingerprint density at radius 2 is 2.05 bits per heavy atom. The van der Waals surface area contributed by atoms with Crippen molar-refractivity contribution in [1.29, 1.82) is 0 Å². The number of pyridine rings is 1. The molecule has 0 atom stereocenters. The van der Waals surface area contributed by atoms with Gasteiger partial charge in [-0.25, -0.2) is 13.8 Å². The third-order valence-corrected chi connectivity index (χ3v) is 2.55. The van der Waals surface area contributed by atoms with Gasteiger partial charge in [0.1, 0.15) is 17.5 Å². The molecule has 2 rings (SSSR count). The van der Waals surface area contributed by atoms with E-state index < -0.39 is 17.5 Å². The van der Waals surface area contributed by atoms with Gasteiger partial charge in [0.05, 0.1) is 6.42 Å². The molecule has 1 aromatic heterocycles. The molecule has 2 aromatic rings. The highest BCUT2D eigenvalue weighted by Gasteiger charge is 2.09. The van der Waals surface area contributed by atoms with Crippen LogP contribution in [-0.2, 0) is 11.2 Å². The molecular formula is C14H12F2N2O. The van der Waals surface area contributed by atoms with Crippen molar-refractivity contribution in [1.82, 2.24) is 4.98 Å². The second-order valence-corrected chi connectivity index (χ2v) is 4.18. The zero-order chi connectivity index (χ0) is 13.8. The number of hydrogen-bond acceptors (Lipinski definition) is 2. The van der Waals surface area contributed by atoms with Gasteiger partial charge < -0.3 is 5.32 Å². The number of aryl methyl sites for hydroxylation is 1. The number of rotatable bonds is 3. The van der Waals surface area contributed by atoms with Crippen LogP contribution in [0.4, 0.5) is 14.6 Å². The fourth-order valence-corrected chi connectivity index (χ4v) is 1.63. The average Bonchev–Trinajstić information content (AvgIpc) is 2.33. The van der Waals surface area contributed by atoms with Crippen LogP contribution < -0.4 is 5.32 Å². The van der Waals surface area contributed by atoms with Crippen LogP contribution in [0.2, 0.25) is 0 Å². The van der Waals surface area contributed by atoms with E-state index >= 15 is 0 Å². The van der Waals surface area contributed by atoms with Crippen LogP contribution in [0.25, 0.3) is 0 Å². The SMILES string of the molecule is Cc1ccnc(NC(=O)Cc2ccc(F)cc2F)c1. The summed E-state index contributed by atoms with van der Waals surface area (Å²) in [6, 6.07) is 6.65. The Hall–Kier alpha value is -2.30. The molecule has 5 heteroatoms. The highest BCUT2D eigenvalue weighted by Crippen LogP contribution is 2.11. The Bertz CT molecular complexity index is 614. The van der Waals surface area contributed by atoms with Crippen LogP contribution in [0.5, 0.6) is 0 Å². The summed E-state index contributed by atoms with van der Waals surface area (Å²) in [5, 5.41) is 2.56. The highest BCUT2D eigenvalue weighted by atomic mass is 19.1. The lowest BCUT2D eigenvalue weighted by Crippen LogP contribution is -2.16. The van der Waals surface area contributed by atoms with Gasteiger partial charge >= 0.3 is 0 Å². The lowest BCUT2D eigenvalue weighted by Gasteiger charge is -2.06. The maximum atomic E-state index is 13.4. The second-order valence-electron chi connectivity index (χ2n) is 4.18. The van der Waals surface area contributed by atoms with E-state index in [1.54, 1.807) is 18.3 Å². The maximum absolute atomic E-state index is 13.4. The molecule has 0 aliphatic rings. The number of nitrogens with one attached hydrogen (secondary N) is 1. The summed E-state index contributed by atoms with van der Waals surface area (Å²) in [6.45, 7) is 1.87. The number of carbonyl (C=O) groups is 1. The molecule has 0 saturated carbocycles. The second kappa shape index (κ2) is 5.56. The lowest BCUT2D eigenvalue weighted by molar-refractivity contribution is -0.115. The quantitative estimate of drug-likeness (QED) is 0.924. The number of halogens is 2. The van der Waals surface area contributed by atoms with E-state index in [0.29, 0.717) is 5.82 Å². The van der Waals surface area contributed by atoms with Crippen LogP contribution in [-0.4, -0.2) is 10.9 Å². The Balaban J connectivity index is 2.05. The molecule has 1 N–H and O–H groups in total. The molecule has 0 radical (unpaired) electrons. The highest BCUT2D eigenvalue weighted by molar-refractivity contribution is 5.91. The van der Waals surface area contributed by atoms with E-state index in [9.17, 15) is 13.6 Å². The minimum absolute atomic E-state index is 0.145. The van der Waals surface area contributed by atoms with Crippen molar-refractivity contribution < 1.29 is 13.6 Å². The first-order valence-corrected chi connectivity index (χ1v) is 5.71. The van der Waals surface area contributed by atoms with Crippen molar-refractivity contribution in [3.63, 3.8) is 0 Å². The molecule has 0 spiro atoms. The van der Waals surface area contributed by atoms with Gasteiger partial charge in [-0.05, 0) is 36.2 Å². The van der Waals surface area contributed by atoms with Gasteiger partial charge in [0.2, 0.25) is 5.91 Å². The monoisotopic (exact) mass is 262 g/mol. The van der Waals surface area contributed by atoms with Crippen molar-refractivity contribution in [2.45, 2.75) is 13.3 Å². The van der Waals surface area contributed by atoms with Crippen molar-refractivity contribution in [3.05, 3.63) is 59.3 Å². The Morgan fingerprint density at radius 1 is 1.26 bits per heavy atom. The summed E-state index contributed by atoms with van der Waals surface area (Å²) < 4.78 is 26.1. The predicted octanol–water partition coefficient (Wildman–Crippen LogP) is 2.85. The molecule has 1 amide bonds. The number of anilines is 1. The van der Waals surface area contributed by atoms with Crippen molar-refractivity contribution >= 4 is 11.7 Å². The molecule has 1 heterocycles. The molecule has 0 bridgehead atoms. The molecule has 1 aromatic carbocycles. The van der Waals surface area contributed by atoms with Gasteiger partial charge in [-0.3, -0.25) is 4.79 Å². The third kappa shape index (κ3) is 3.58. The topological polar surface area (TPSA) is 42.0 Å². The van der Waals surface area contributed by atoms with Gasteiger partial charge in [-0.2, -0.15) is 0 Å². The van der Waals surface area contributed by atoms with Crippen molar-refractivity contribution in [3.8, 4) is 0 Å². The molecule has 0 unspecified atom stereocenters. The Morgan fingerprint density at radius 3 is 2.74 bits per heavy atom. The van der Waals surface area contributed by atoms with Gasteiger partial charge in [0.25, 0.3) is 0 Å². The average molecular weight is 262 g/mol. The van der Waals surface area contributed by atoms with Crippen molar-refractivity contribution in [2.24, 2.45) is 0 Å². The lowest BCUT2D eigenvalue weighted by atomic mass is 10.1. The van der Waals surface area contributed by atoms with Crippen LogP contribution in [0.15, 0.2) is 36.5 Å². The molecule has 0 aliphatic carbocycles. The van der Waals surface area contributed by atoms with E-state index in [4.69, 9.17) is 0 Å². The summed E-state index contributed by atoms with van der Waals surface area (Å²) in [6.07, 6.45) is 1.41. The van der Waals surface area contributed by atoms with Crippen LogP contribution in [0.1, 0.15) is 11.1 Å². The number of carbonyl (C=O) groups excluding carboxylic acids is 1. The number of hydrogen-bond donors (Lipinski definition) is 1. The van der Waals surface area contributed by atoms with Crippen LogP contribution >= 0.6 is 0 Å². The Kier molecular flexibility index (Phi) is 3.85. The fraction of sp³-hybridized carbons (Fsp3) is 0.143.